The number of benzene rings is 1. The number of likely N-dealkylation sites (tertiary alicyclic amines) is 1. The van der Waals surface area contributed by atoms with Crippen LogP contribution < -0.4 is 11.1 Å². The predicted molar refractivity (Wildman–Crippen MR) is 131 cm³/mol. The zero-order chi connectivity index (χ0) is 23.2. The third-order valence-corrected chi connectivity index (χ3v) is 6.26. The van der Waals surface area contributed by atoms with Gasteiger partial charge in [0.2, 0.25) is 5.91 Å². The Balaban J connectivity index is 1.49. The van der Waals surface area contributed by atoms with Gasteiger partial charge in [-0.3, -0.25) is 9.59 Å². The van der Waals surface area contributed by atoms with Crippen molar-refractivity contribution < 1.29 is 9.59 Å². The summed E-state index contributed by atoms with van der Waals surface area (Å²) in [5.74, 6) is -0.227. The van der Waals surface area contributed by atoms with E-state index in [1.165, 1.54) is 37.6 Å². The number of nitrogens with two attached hydrogens (primary N) is 1. The van der Waals surface area contributed by atoms with E-state index < -0.39 is 5.91 Å². The van der Waals surface area contributed by atoms with Gasteiger partial charge in [0.15, 0.2) is 0 Å². The van der Waals surface area contributed by atoms with Crippen molar-refractivity contribution in [3.63, 3.8) is 0 Å². The highest BCUT2D eigenvalue weighted by Crippen LogP contribution is 2.25. The quantitative estimate of drug-likeness (QED) is 0.608. The lowest BCUT2D eigenvalue weighted by Gasteiger charge is -2.26. The zero-order valence-electron chi connectivity index (χ0n) is 18.9. The molecule has 7 nitrogen and oxygen atoms in total. The normalized spacial score (nSPS) is 16.4. The minimum atomic E-state index is -0.542. The molecule has 1 fully saturated rings. The summed E-state index contributed by atoms with van der Waals surface area (Å²) in [6, 6.07) is 11.7. The van der Waals surface area contributed by atoms with Gasteiger partial charge in [0, 0.05) is 25.3 Å². The molecule has 0 unspecified atom stereocenters. The molecule has 4 rings (SSSR count). The van der Waals surface area contributed by atoms with E-state index in [1.807, 2.05) is 12.1 Å². The van der Waals surface area contributed by atoms with Crippen molar-refractivity contribution >= 4 is 28.9 Å². The summed E-state index contributed by atoms with van der Waals surface area (Å²) in [4.78, 5) is 33.0. The van der Waals surface area contributed by atoms with Gasteiger partial charge in [0.25, 0.3) is 5.91 Å². The van der Waals surface area contributed by atoms with Gasteiger partial charge >= 0.3 is 0 Å². The van der Waals surface area contributed by atoms with Crippen LogP contribution in [0.3, 0.4) is 0 Å². The second-order valence-corrected chi connectivity index (χ2v) is 8.56. The summed E-state index contributed by atoms with van der Waals surface area (Å²) < 4.78 is 0. The molecular formula is C26H31N5O2. The average Bonchev–Trinajstić information content (AvgIpc) is 3.37. The average molecular weight is 446 g/mol. The highest BCUT2D eigenvalue weighted by atomic mass is 16.2. The SMILES string of the molecule is C=CC(=O)N1CCC=C(c2ccc(C(N)=O)c(Nc3ccc(CCN4CCCC4)cc3)n2)C1. The van der Waals surface area contributed by atoms with Gasteiger partial charge in [0.05, 0.1) is 11.3 Å². The van der Waals surface area contributed by atoms with Gasteiger partial charge in [-0.2, -0.15) is 0 Å². The van der Waals surface area contributed by atoms with Crippen LogP contribution in [0.25, 0.3) is 5.57 Å². The first-order chi connectivity index (χ1) is 16.0. The molecule has 2 aliphatic heterocycles. The fourth-order valence-electron chi connectivity index (χ4n) is 4.36. The summed E-state index contributed by atoms with van der Waals surface area (Å²) in [6.07, 6.45) is 7.78. The summed E-state index contributed by atoms with van der Waals surface area (Å²) in [5, 5.41) is 3.26. The van der Waals surface area contributed by atoms with Crippen LogP contribution in [0.4, 0.5) is 11.5 Å². The Hall–Kier alpha value is -3.45. The Kier molecular flexibility index (Phi) is 7.19. The molecule has 3 N–H and O–H groups in total. The van der Waals surface area contributed by atoms with Gasteiger partial charge in [-0.25, -0.2) is 4.98 Å². The molecule has 2 aliphatic rings. The fraction of sp³-hybridized carbons (Fsp3) is 0.346. The topological polar surface area (TPSA) is 91.6 Å². The summed E-state index contributed by atoms with van der Waals surface area (Å²) in [5.41, 5.74) is 9.70. The van der Waals surface area contributed by atoms with Crippen molar-refractivity contribution in [1.82, 2.24) is 14.8 Å². The van der Waals surface area contributed by atoms with Crippen molar-refractivity contribution in [3.8, 4) is 0 Å². The maximum atomic E-state index is 12.0. The predicted octanol–water partition coefficient (Wildman–Crippen LogP) is 3.36. The van der Waals surface area contributed by atoms with Gasteiger partial charge < -0.3 is 20.9 Å². The molecule has 0 aliphatic carbocycles. The number of aromatic nitrogens is 1. The standard InChI is InChI=1S/C26H31N5O2/c1-2-24(32)31-16-5-6-20(18-31)23-12-11-22(25(27)33)26(29-23)28-21-9-7-19(8-10-21)13-17-30-14-3-4-15-30/h2,6-12H,1,3-5,13-18H2,(H2,27,33)(H,28,29). The summed E-state index contributed by atoms with van der Waals surface area (Å²) >= 11 is 0. The summed E-state index contributed by atoms with van der Waals surface area (Å²) in [7, 11) is 0. The Morgan fingerprint density at radius 2 is 1.85 bits per heavy atom. The molecule has 3 heterocycles. The van der Waals surface area contributed by atoms with Gasteiger partial charge in [-0.15, -0.1) is 0 Å². The van der Waals surface area contributed by atoms with E-state index in [-0.39, 0.29) is 5.91 Å². The molecule has 172 valence electrons. The molecule has 1 aromatic carbocycles. The largest absolute Gasteiger partial charge is 0.365 e. The lowest BCUT2D eigenvalue weighted by molar-refractivity contribution is -0.125. The molecule has 1 aromatic heterocycles. The molecule has 2 amide bonds. The van der Waals surface area contributed by atoms with Gasteiger partial charge in [-0.05, 0) is 80.3 Å². The van der Waals surface area contributed by atoms with E-state index in [9.17, 15) is 9.59 Å². The molecule has 0 spiro atoms. The van der Waals surface area contributed by atoms with Crippen LogP contribution in [0.1, 0.15) is 40.9 Å². The van der Waals surface area contributed by atoms with Crippen molar-refractivity contribution in [2.24, 2.45) is 5.73 Å². The van der Waals surface area contributed by atoms with E-state index >= 15 is 0 Å². The Bertz CT molecular complexity index is 1050. The molecule has 0 radical (unpaired) electrons. The van der Waals surface area contributed by atoms with Crippen LogP contribution in [-0.2, 0) is 11.2 Å². The lowest BCUT2D eigenvalue weighted by Crippen LogP contribution is -2.34. The number of nitrogens with zero attached hydrogens (tertiary/aromatic N) is 3. The molecule has 0 bridgehead atoms. The van der Waals surface area contributed by atoms with Crippen LogP contribution in [-0.4, -0.2) is 59.3 Å². The van der Waals surface area contributed by atoms with Crippen molar-refractivity contribution in [2.45, 2.75) is 25.7 Å². The zero-order valence-corrected chi connectivity index (χ0v) is 18.9. The first-order valence-corrected chi connectivity index (χ1v) is 11.5. The van der Waals surface area contributed by atoms with E-state index in [0.717, 1.165) is 30.6 Å². The molecule has 0 saturated carbocycles. The van der Waals surface area contributed by atoms with Crippen molar-refractivity contribution in [2.75, 3.05) is 38.0 Å². The van der Waals surface area contributed by atoms with E-state index in [1.54, 1.807) is 17.0 Å². The smallest absolute Gasteiger partial charge is 0.252 e. The number of pyridine rings is 1. The van der Waals surface area contributed by atoms with Gasteiger partial charge in [-0.1, -0.05) is 24.8 Å². The third-order valence-electron chi connectivity index (χ3n) is 6.26. The first kappa shape index (κ1) is 22.7. The molecule has 2 aromatic rings. The summed E-state index contributed by atoms with van der Waals surface area (Å²) in [6.45, 7) is 8.18. The molecule has 1 saturated heterocycles. The van der Waals surface area contributed by atoms with Crippen LogP contribution in [0.2, 0.25) is 0 Å². The minimum Gasteiger partial charge on any atom is -0.365 e. The minimum absolute atomic E-state index is 0.0995. The highest BCUT2D eigenvalue weighted by molar-refractivity contribution is 5.98. The number of rotatable bonds is 8. The Morgan fingerprint density at radius 1 is 1.09 bits per heavy atom. The highest BCUT2D eigenvalue weighted by Gasteiger charge is 2.20. The second-order valence-electron chi connectivity index (χ2n) is 8.56. The van der Waals surface area contributed by atoms with Crippen LogP contribution in [0.15, 0.2) is 55.1 Å². The maximum Gasteiger partial charge on any atom is 0.252 e. The molecular weight excluding hydrogens is 414 g/mol. The Morgan fingerprint density at radius 3 is 2.55 bits per heavy atom. The van der Waals surface area contributed by atoms with Crippen molar-refractivity contribution in [1.29, 1.82) is 0 Å². The number of primary amides is 1. The number of carbonyl (C=O) groups is 2. The number of hydrogen-bond acceptors (Lipinski definition) is 5. The van der Waals surface area contributed by atoms with E-state index in [0.29, 0.717) is 30.2 Å². The van der Waals surface area contributed by atoms with Crippen molar-refractivity contribution in [3.05, 3.63) is 72.0 Å². The maximum absolute atomic E-state index is 12.0. The van der Waals surface area contributed by atoms with E-state index in [4.69, 9.17) is 10.7 Å². The van der Waals surface area contributed by atoms with E-state index in [2.05, 4.69) is 35.0 Å². The monoisotopic (exact) mass is 445 g/mol. The Labute approximate surface area is 195 Å². The first-order valence-electron chi connectivity index (χ1n) is 11.5. The van der Waals surface area contributed by atoms with Crippen LogP contribution in [0, 0.1) is 0 Å². The second kappa shape index (κ2) is 10.4. The third kappa shape index (κ3) is 5.68. The number of carbonyl (C=O) groups excluding carboxylic acids is 2. The number of hydrogen-bond donors (Lipinski definition) is 2. The number of nitrogens with one attached hydrogen (secondary N) is 1. The molecule has 7 heteroatoms. The number of anilines is 2. The van der Waals surface area contributed by atoms with Crippen LogP contribution in [0.5, 0.6) is 0 Å². The van der Waals surface area contributed by atoms with Crippen LogP contribution >= 0.6 is 0 Å². The molecule has 0 atom stereocenters. The molecule has 33 heavy (non-hydrogen) atoms. The fourth-order valence-corrected chi connectivity index (χ4v) is 4.36. The lowest BCUT2D eigenvalue weighted by atomic mass is 10.0. The van der Waals surface area contributed by atoms with Gasteiger partial charge in [0.1, 0.15) is 5.82 Å². The number of amides is 2.